The highest BCUT2D eigenvalue weighted by Crippen LogP contribution is 2.56. The fraction of sp³-hybridized carbons (Fsp3) is 0.389. The molecule has 0 bridgehead atoms. The third kappa shape index (κ3) is 6.37. The maximum Gasteiger partial charge on any atom is 0.459 e. The van der Waals surface area contributed by atoms with Gasteiger partial charge in [0.25, 0.3) is 0 Å². The van der Waals surface area contributed by atoms with Crippen molar-refractivity contribution in [3.8, 4) is 5.75 Å². The van der Waals surface area contributed by atoms with Crippen LogP contribution in [0.5, 0.6) is 5.75 Å². The number of ether oxygens (including phenoxy) is 4. The summed E-state index contributed by atoms with van der Waals surface area (Å²) in [5, 5.41) is 4.42. The first kappa shape index (κ1) is 33.7. The lowest BCUT2D eigenvalue weighted by molar-refractivity contribution is -0.231. The van der Waals surface area contributed by atoms with Crippen LogP contribution >= 0.6 is 7.75 Å². The third-order valence-electron chi connectivity index (χ3n) is 9.76. The van der Waals surface area contributed by atoms with Crippen LogP contribution in [0.15, 0.2) is 85.5 Å². The molecule has 0 radical (unpaired) electrons. The molecule has 266 valence electrons. The van der Waals surface area contributed by atoms with Crippen molar-refractivity contribution >= 4 is 41.5 Å². The second-order valence-corrected chi connectivity index (χ2v) is 15.1. The van der Waals surface area contributed by atoms with Gasteiger partial charge in [-0.3, -0.25) is 13.9 Å². The highest BCUT2D eigenvalue weighted by Gasteiger charge is 2.67. The third-order valence-corrected chi connectivity index (χ3v) is 11.4. The van der Waals surface area contributed by atoms with Crippen LogP contribution in [0.1, 0.15) is 51.3 Å². The minimum absolute atomic E-state index is 0.0528. The average molecular weight is 715 g/mol. The molecular weight excluding hydrogens is 675 g/mol. The fourth-order valence-electron chi connectivity index (χ4n) is 7.29. The Hall–Kier alpha value is -4.43. The SMILES string of the molecule is C[C@H](NP(=O)(OC[C@H]1O[C@@H](n2cnc3c(N)ncnc32)C2(C)OC3(CCCC3)OC12)Oc1cccc2ccccc12)C(=O)OCc1ccccc1. The Morgan fingerprint density at radius 1 is 1.06 bits per heavy atom. The van der Waals surface area contributed by atoms with E-state index < -0.39 is 49.6 Å². The van der Waals surface area contributed by atoms with Crippen molar-refractivity contribution in [3.63, 3.8) is 0 Å². The summed E-state index contributed by atoms with van der Waals surface area (Å²) >= 11 is 0. The molecule has 3 aromatic carbocycles. The maximum absolute atomic E-state index is 14.8. The Labute approximate surface area is 294 Å². The van der Waals surface area contributed by atoms with Crippen molar-refractivity contribution in [2.24, 2.45) is 0 Å². The molecule has 3 fully saturated rings. The van der Waals surface area contributed by atoms with Crippen LogP contribution in [0, 0.1) is 0 Å². The number of nitrogens with two attached hydrogens (primary N) is 1. The van der Waals surface area contributed by atoms with Gasteiger partial charge in [0.05, 0.1) is 12.9 Å². The van der Waals surface area contributed by atoms with Crippen molar-refractivity contribution in [2.75, 3.05) is 12.3 Å². The number of rotatable bonds is 11. The van der Waals surface area contributed by atoms with Gasteiger partial charge in [0, 0.05) is 18.2 Å². The quantitative estimate of drug-likeness (QED) is 0.124. The van der Waals surface area contributed by atoms with Crippen LogP contribution in [-0.4, -0.2) is 61.7 Å². The highest BCUT2D eigenvalue weighted by atomic mass is 31.2. The van der Waals surface area contributed by atoms with Gasteiger partial charge in [-0.2, -0.15) is 5.09 Å². The molecule has 2 saturated heterocycles. The van der Waals surface area contributed by atoms with Crippen molar-refractivity contribution < 1.29 is 37.4 Å². The number of anilines is 1. The Kier molecular flexibility index (Phi) is 8.77. The topological polar surface area (TPSA) is 171 Å². The number of esters is 1. The molecule has 0 amide bonds. The first-order chi connectivity index (χ1) is 24.7. The van der Waals surface area contributed by atoms with E-state index in [1.807, 2.05) is 67.6 Å². The van der Waals surface area contributed by atoms with Gasteiger partial charge in [-0.25, -0.2) is 19.5 Å². The van der Waals surface area contributed by atoms with Gasteiger partial charge in [-0.05, 0) is 43.7 Å². The fourth-order valence-corrected chi connectivity index (χ4v) is 8.81. The number of carbonyl (C=O) groups excluding carboxylic acids is 1. The zero-order chi connectivity index (χ0) is 35.2. The Balaban J connectivity index is 1.08. The monoisotopic (exact) mass is 714 g/mol. The molecule has 1 spiro atoms. The molecule has 1 aliphatic carbocycles. The lowest BCUT2D eigenvalue weighted by atomic mass is 9.96. The van der Waals surface area contributed by atoms with E-state index >= 15 is 0 Å². The predicted molar refractivity (Wildman–Crippen MR) is 186 cm³/mol. The lowest BCUT2D eigenvalue weighted by Gasteiger charge is -2.31. The molecule has 4 heterocycles. The zero-order valence-electron chi connectivity index (χ0n) is 28.2. The normalized spacial score (nSPS) is 25.6. The van der Waals surface area contributed by atoms with E-state index in [9.17, 15) is 9.36 Å². The van der Waals surface area contributed by atoms with E-state index in [0.29, 0.717) is 16.9 Å². The first-order valence-corrected chi connectivity index (χ1v) is 18.6. The summed E-state index contributed by atoms with van der Waals surface area (Å²) in [6.45, 7) is 3.30. The molecule has 5 aromatic rings. The molecule has 3 N–H and O–H groups in total. The number of aromatic nitrogens is 4. The summed E-state index contributed by atoms with van der Waals surface area (Å²) in [5.41, 5.74) is 6.82. The Morgan fingerprint density at radius 2 is 1.82 bits per heavy atom. The summed E-state index contributed by atoms with van der Waals surface area (Å²) in [6.07, 6.45) is 4.18. The molecule has 3 aliphatic rings. The van der Waals surface area contributed by atoms with Crippen LogP contribution in [0.4, 0.5) is 5.82 Å². The summed E-state index contributed by atoms with van der Waals surface area (Å²) in [7, 11) is -4.30. The van der Waals surface area contributed by atoms with Gasteiger partial charge in [0.1, 0.15) is 48.1 Å². The second kappa shape index (κ2) is 13.3. The van der Waals surface area contributed by atoms with Gasteiger partial charge in [0.2, 0.25) is 0 Å². The number of hydrogen-bond acceptors (Lipinski definition) is 12. The summed E-state index contributed by atoms with van der Waals surface area (Å²) in [4.78, 5) is 26.1. The molecule has 6 atom stereocenters. The molecule has 8 rings (SSSR count). The second-order valence-electron chi connectivity index (χ2n) is 13.4. The van der Waals surface area contributed by atoms with Gasteiger partial charge in [-0.1, -0.05) is 66.7 Å². The van der Waals surface area contributed by atoms with Crippen molar-refractivity contribution in [1.29, 1.82) is 0 Å². The van der Waals surface area contributed by atoms with Crippen molar-refractivity contribution in [2.45, 2.75) is 82.0 Å². The molecule has 1 saturated carbocycles. The predicted octanol–water partition coefficient (Wildman–Crippen LogP) is 5.83. The standard InChI is InChI=1S/C36H39N6O8P/c1-23(33(43)45-19-24-11-4-3-5-12-24)41-51(44,49-27-16-10-14-25-13-6-7-15-26(25)27)46-20-28-30-35(2,50-36(48-30)17-8-9-18-36)34(47-28)42-22-40-29-31(37)38-21-39-32(29)42/h3-7,10-16,21-23,28,30,34H,8-9,17-20H2,1-2H3,(H,41,44)(H2,37,38,39)/t23-,28+,30?,34+,35?,51?/m0/s1. The van der Waals surface area contributed by atoms with Gasteiger partial charge in [-0.15, -0.1) is 0 Å². The van der Waals surface area contributed by atoms with Crippen LogP contribution < -0.4 is 15.3 Å². The number of nitrogens with one attached hydrogen (secondary N) is 1. The number of benzene rings is 3. The maximum atomic E-state index is 14.8. The average Bonchev–Trinajstić information content (AvgIpc) is 3.90. The molecule has 51 heavy (non-hydrogen) atoms. The molecular formula is C36H39N6O8P. The summed E-state index contributed by atoms with van der Waals surface area (Å²) in [6, 6.07) is 21.2. The number of nitrogens with zero attached hydrogens (tertiary/aromatic N) is 4. The van der Waals surface area contributed by atoms with Crippen molar-refractivity contribution in [1.82, 2.24) is 24.6 Å². The van der Waals surface area contributed by atoms with E-state index in [1.165, 1.54) is 6.33 Å². The van der Waals surface area contributed by atoms with E-state index in [-0.39, 0.29) is 19.0 Å². The van der Waals surface area contributed by atoms with Gasteiger partial charge >= 0.3 is 13.7 Å². The van der Waals surface area contributed by atoms with E-state index in [0.717, 1.165) is 42.0 Å². The largest absolute Gasteiger partial charge is 0.460 e. The molecule has 15 heteroatoms. The van der Waals surface area contributed by atoms with Gasteiger partial charge < -0.3 is 29.2 Å². The van der Waals surface area contributed by atoms with E-state index in [2.05, 4.69) is 20.0 Å². The minimum atomic E-state index is -4.30. The van der Waals surface area contributed by atoms with Crippen molar-refractivity contribution in [3.05, 3.63) is 91.0 Å². The molecule has 2 aromatic heterocycles. The number of carbonyl (C=O) groups is 1. The number of hydrogen-bond donors (Lipinski definition) is 2. The molecule has 14 nitrogen and oxygen atoms in total. The minimum Gasteiger partial charge on any atom is -0.460 e. The summed E-state index contributed by atoms with van der Waals surface area (Å²) < 4.78 is 54.6. The first-order valence-electron chi connectivity index (χ1n) is 17.0. The van der Waals surface area contributed by atoms with Crippen LogP contribution in [0.25, 0.3) is 21.9 Å². The molecule has 2 aliphatic heterocycles. The Bertz CT molecular complexity index is 2100. The zero-order valence-corrected chi connectivity index (χ0v) is 29.1. The highest BCUT2D eigenvalue weighted by molar-refractivity contribution is 7.52. The van der Waals surface area contributed by atoms with Gasteiger partial charge in [0.15, 0.2) is 23.5 Å². The van der Waals surface area contributed by atoms with Crippen LogP contribution in [0.3, 0.4) is 0 Å². The summed E-state index contributed by atoms with van der Waals surface area (Å²) in [5.74, 6) is -0.861. The van der Waals surface area contributed by atoms with E-state index in [4.69, 9.17) is 33.7 Å². The number of nitrogen functional groups attached to an aromatic ring is 1. The number of fused-ring (bicyclic) bond motifs is 3. The van der Waals surface area contributed by atoms with E-state index in [1.54, 1.807) is 30.0 Å². The smallest absolute Gasteiger partial charge is 0.459 e. The lowest BCUT2D eigenvalue weighted by Crippen LogP contribution is -2.42. The number of imidazole rings is 1. The van der Waals surface area contributed by atoms with Crippen LogP contribution in [0.2, 0.25) is 0 Å². The Morgan fingerprint density at radius 3 is 2.65 bits per heavy atom. The van der Waals surface area contributed by atoms with Crippen LogP contribution in [-0.2, 0) is 39.4 Å². The molecule has 3 unspecified atom stereocenters.